The molecule has 1 atom stereocenters. The molecule has 5 rings (SSSR count). The normalized spacial score (nSPS) is 18.9. The van der Waals surface area contributed by atoms with Crippen LogP contribution in [0.5, 0.6) is 0 Å². The van der Waals surface area contributed by atoms with Crippen molar-refractivity contribution < 1.29 is 4.79 Å². The molecule has 164 valence electrons. The molecule has 0 bridgehead atoms. The van der Waals surface area contributed by atoms with Crippen molar-refractivity contribution in [2.75, 3.05) is 49.1 Å². The highest BCUT2D eigenvalue weighted by atomic mass is 16.2. The first-order valence-corrected chi connectivity index (χ1v) is 11.4. The van der Waals surface area contributed by atoms with Crippen molar-refractivity contribution in [2.24, 2.45) is 0 Å². The molecule has 1 N–H and O–H groups in total. The molecular weight excluding hydrogens is 398 g/mol. The van der Waals surface area contributed by atoms with Gasteiger partial charge in [-0.2, -0.15) is 0 Å². The molecule has 1 amide bonds. The smallest absolute Gasteiger partial charge is 0.254 e. The van der Waals surface area contributed by atoms with Crippen molar-refractivity contribution >= 4 is 17.3 Å². The summed E-state index contributed by atoms with van der Waals surface area (Å²) < 4.78 is 0. The Morgan fingerprint density at radius 2 is 1.59 bits per heavy atom. The lowest BCUT2D eigenvalue weighted by molar-refractivity contribution is 0.0925. The molecule has 1 fully saturated rings. The Bertz CT molecular complexity index is 1030. The van der Waals surface area contributed by atoms with Crippen molar-refractivity contribution in [2.45, 2.75) is 12.6 Å². The van der Waals surface area contributed by atoms with Crippen LogP contribution in [0.3, 0.4) is 0 Å². The first-order valence-electron chi connectivity index (χ1n) is 11.4. The number of hydrogen-bond donors (Lipinski definition) is 1. The maximum atomic E-state index is 12.7. The molecule has 0 aliphatic carbocycles. The minimum atomic E-state index is -0.0992. The molecular formula is C26H29N5O. The third-order valence-electron chi connectivity index (χ3n) is 6.41. The van der Waals surface area contributed by atoms with Crippen molar-refractivity contribution in [1.82, 2.24) is 15.2 Å². The van der Waals surface area contributed by atoms with Gasteiger partial charge in [0.2, 0.25) is 0 Å². The van der Waals surface area contributed by atoms with Gasteiger partial charge in [-0.3, -0.25) is 14.7 Å². The molecule has 2 aliphatic heterocycles. The van der Waals surface area contributed by atoms with Gasteiger partial charge in [0.05, 0.1) is 11.3 Å². The third-order valence-corrected chi connectivity index (χ3v) is 6.41. The second-order valence-electron chi connectivity index (χ2n) is 8.39. The van der Waals surface area contributed by atoms with Crippen molar-refractivity contribution in [3.05, 3.63) is 90.3 Å². The fraction of sp³-hybridized carbons (Fsp3) is 0.308. The van der Waals surface area contributed by atoms with Crippen LogP contribution < -0.4 is 15.1 Å². The number of nitrogens with one attached hydrogen (secondary N) is 1. The number of piperazine rings is 1. The number of fused-ring (bicyclic) bond motifs is 1. The highest BCUT2D eigenvalue weighted by Crippen LogP contribution is 2.27. The first kappa shape index (κ1) is 20.5. The molecule has 1 unspecified atom stereocenters. The number of anilines is 2. The fourth-order valence-electron chi connectivity index (χ4n) is 4.66. The van der Waals surface area contributed by atoms with Gasteiger partial charge in [-0.25, -0.2) is 0 Å². The van der Waals surface area contributed by atoms with E-state index in [1.807, 2.05) is 42.6 Å². The Kier molecular flexibility index (Phi) is 6.03. The summed E-state index contributed by atoms with van der Waals surface area (Å²) in [5.41, 5.74) is 4.05. The Labute approximate surface area is 189 Å². The van der Waals surface area contributed by atoms with Gasteiger partial charge in [0.25, 0.3) is 5.91 Å². The van der Waals surface area contributed by atoms with Crippen LogP contribution in [0.4, 0.5) is 11.4 Å². The van der Waals surface area contributed by atoms with E-state index >= 15 is 0 Å². The lowest BCUT2D eigenvalue weighted by Gasteiger charge is -2.41. The number of pyridine rings is 1. The molecule has 2 aromatic carbocycles. The van der Waals surface area contributed by atoms with E-state index in [-0.39, 0.29) is 12.1 Å². The first-order chi connectivity index (χ1) is 15.8. The zero-order valence-electron chi connectivity index (χ0n) is 18.2. The Morgan fingerprint density at radius 1 is 0.844 bits per heavy atom. The summed E-state index contributed by atoms with van der Waals surface area (Å²) in [6.07, 6.45) is 2.39. The molecule has 2 aliphatic rings. The van der Waals surface area contributed by atoms with E-state index in [0.717, 1.165) is 56.2 Å². The molecule has 6 heteroatoms. The number of carbonyl (C=O) groups excluding carboxylic acids is 1. The Balaban J connectivity index is 1.27. The number of benzene rings is 2. The summed E-state index contributed by atoms with van der Waals surface area (Å²) in [5.74, 6) is -0.00532. The van der Waals surface area contributed by atoms with E-state index < -0.39 is 0 Å². The van der Waals surface area contributed by atoms with E-state index in [1.165, 1.54) is 5.69 Å². The standard InChI is InChI=1S/C26H29N5O/c32-26-23-11-4-5-12-24(23)31(25(28-26)20-21-8-6-7-13-27-21)19-16-29-14-17-30(18-15-29)22-9-2-1-3-10-22/h1-13,25H,14-20H2,(H,28,32). The second-order valence-corrected chi connectivity index (χ2v) is 8.39. The molecule has 3 aromatic rings. The van der Waals surface area contributed by atoms with Crippen molar-refractivity contribution in [3.8, 4) is 0 Å². The van der Waals surface area contributed by atoms with E-state index in [4.69, 9.17) is 0 Å². The van der Waals surface area contributed by atoms with E-state index in [0.29, 0.717) is 6.42 Å². The summed E-state index contributed by atoms with van der Waals surface area (Å²) in [4.78, 5) is 24.5. The summed E-state index contributed by atoms with van der Waals surface area (Å²) >= 11 is 0. The SMILES string of the molecule is O=C1NC(Cc2ccccn2)N(CCN2CCN(c3ccccc3)CC2)c2ccccc21. The number of para-hydroxylation sites is 2. The molecule has 3 heterocycles. The van der Waals surface area contributed by atoms with E-state index in [2.05, 4.69) is 61.4 Å². The Hall–Kier alpha value is -3.38. The molecule has 0 radical (unpaired) electrons. The topological polar surface area (TPSA) is 51.7 Å². The minimum absolute atomic E-state index is 0.00532. The molecule has 0 spiro atoms. The van der Waals surface area contributed by atoms with Crippen molar-refractivity contribution in [3.63, 3.8) is 0 Å². The van der Waals surface area contributed by atoms with Crippen LogP contribution in [-0.4, -0.2) is 61.2 Å². The summed E-state index contributed by atoms with van der Waals surface area (Å²) in [6.45, 7) is 5.98. The van der Waals surface area contributed by atoms with Crippen LogP contribution in [0.1, 0.15) is 16.1 Å². The number of amides is 1. The monoisotopic (exact) mass is 427 g/mol. The van der Waals surface area contributed by atoms with Gasteiger partial charge < -0.3 is 15.1 Å². The second kappa shape index (κ2) is 9.40. The molecule has 32 heavy (non-hydrogen) atoms. The quantitative estimate of drug-likeness (QED) is 0.655. The number of carbonyl (C=O) groups is 1. The zero-order valence-corrected chi connectivity index (χ0v) is 18.2. The van der Waals surface area contributed by atoms with Gasteiger partial charge in [-0.15, -0.1) is 0 Å². The van der Waals surface area contributed by atoms with Crippen molar-refractivity contribution in [1.29, 1.82) is 0 Å². The fourth-order valence-corrected chi connectivity index (χ4v) is 4.66. The van der Waals surface area contributed by atoms with Crippen LogP contribution in [0.15, 0.2) is 79.0 Å². The molecule has 0 saturated carbocycles. The Morgan fingerprint density at radius 3 is 2.38 bits per heavy atom. The predicted molar refractivity (Wildman–Crippen MR) is 128 cm³/mol. The maximum absolute atomic E-state index is 12.7. The lowest BCUT2D eigenvalue weighted by Crippen LogP contribution is -2.56. The van der Waals surface area contributed by atoms with Gasteiger partial charge in [-0.05, 0) is 36.4 Å². The van der Waals surface area contributed by atoms with Crippen LogP contribution in [-0.2, 0) is 6.42 Å². The highest BCUT2D eigenvalue weighted by molar-refractivity contribution is 6.02. The van der Waals surface area contributed by atoms with Crippen LogP contribution in [0.2, 0.25) is 0 Å². The number of nitrogens with zero attached hydrogens (tertiary/aromatic N) is 4. The summed E-state index contributed by atoms with van der Waals surface area (Å²) in [5, 5.41) is 3.21. The molecule has 6 nitrogen and oxygen atoms in total. The number of aromatic nitrogens is 1. The van der Waals surface area contributed by atoms with Crippen LogP contribution in [0, 0.1) is 0 Å². The van der Waals surface area contributed by atoms with Gasteiger partial charge in [0.15, 0.2) is 0 Å². The van der Waals surface area contributed by atoms with Gasteiger partial charge in [0, 0.05) is 63.3 Å². The van der Waals surface area contributed by atoms with Gasteiger partial charge in [-0.1, -0.05) is 36.4 Å². The molecule has 1 aromatic heterocycles. The average molecular weight is 428 g/mol. The maximum Gasteiger partial charge on any atom is 0.254 e. The highest BCUT2D eigenvalue weighted by Gasteiger charge is 2.31. The summed E-state index contributed by atoms with van der Waals surface area (Å²) in [7, 11) is 0. The van der Waals surface area contributed by atoms with E-state index in [9.17, 15) is 4.79 Å². The zero-order chi connectivity index (χ0) is 21.8. The van der Waals surface area contributed by atoms with Gasteiger partial charge in [0.1, 0.15) is 6.17 Å². The minimum Gasteiger partial charge on any atom is -0.369 e. The molecule has 1 saturated heterocycles. The average Bonchev–Trinajstić information content (AvgIpc) is 2.85. The van der Waals surface area contributed by atoms with E-state index in [1.54, 1.807) is 0 Å². The summed E-state index contributed by atoms with van der Waals surface area (Å²) in [6, 6.07) is 24.5. The van der Waals surface area contributed by atoms with Crippen LogP contribution in [0.25, 0.3) is 0 Å². The largest absolute Gasteiger partial charge is 0.369 e. The third kappa shape index (κ3) is 4.46. The van der Waals surface area contributed by atoms with Gasteiger partial charge >= 0.3 is 0 Å². The van der Waals surface area contributed by atoms with Crippen LogP contribution >= 0.6 is 0 Å². The predicted octanol–water partition coefficient (Wildman–Crippen LogP) is 3.02. The number of hydrogen-bond acceptors (Lipinski definition) is 5. The number of rotatable bonds is 6. The lowest BCUT2D eigenvalue weighted by atomic mass is 10.0.